The van der Waals surface area contributed by atoms with E-state index in [1.165, 1.54) is 0 Å². The van der Waals surface area contributed by atoms with Crippen LogP contribution in [0.5, 0.6) is 0 Å². The van der Waals surface area contributed by atoms with E-state index in [4.69, 9.17) is 0 Å². The summed E-state index contributed by atoms with van der Waals surface area (Å²) in [5.41, 5.74) is 2.11. The molecule has 0 bridgehead atoms. The minimum absolute atomic E-state index is 0.0248. The molecular formula is C18H21BrN2O2. The van der Waals surface area contributed by atoms with E-state index in [0.717, 1.165) is 22.0 Å². The third kappa shape index (κ3) is 2.94. The normalized spacial score (nSPS) is 16.8. The number of pyridine rings is 1. The lowest BCUT2D eigenvalue weighted by molar-refractivity contribution is 0.0937. The van der Waals surface area contributed by atoms with Gasteiger partial charge in [0.1, 0.15) is 5.56 Å². The van der Waals surface area contributed by atoms with Crippen molar-refractivity contribution in [2.75, 3.05) is 6.54 Å². The van der Waals surface area contributed by atoms with Gasteiger partial charge in [0.15, 0.2) is 0 Å². The molecule has 1 N–H and O–H groups in total. The molecule has 1 aromatic heterocycles. The van der Waals surface area contributed by atoms with Gasteiger partial charge in [0.25, 0.3) is 5.91 Å². The highest BCUT2D eigenvalue weighted by atomic mass is 79.9. The zero-order chi connectivity index (χ0) is 16.9. The Morgan fingerprint density at radius 2 is 2.09 bits per heavy atom. The van der Waals surface area contributed by atoms with Crippen molar-refractivity contribution < 1.29 is 4.79 Å². The molecule has 1 aliphatic heterocycles. The Hall–Kier alpha value is -1.62. The van der Waals surface area contributed by atoms with Crippen molar-refractivity contribution in [3.05, 3.63) is 44.2 Å². The quantitative estimate of drug-likeness (QED) is 0.869. The summed E-state index contributed by atoms with van der Waals surface area (Å²) in [7, 11) is 0. The maximum absolute atomic E-state index is 12.8. The molecule has 0 aliphatic carbocycles. The fourth-order valence-electron chi connectivity index (χ4n) is 3.06. The number of hydrogen-bond donors (Lipinski definition) is 1. The summed E-state index contributed by atoms with van der Waals surface area (Å²) >= 11 is 3.47. The second-order valence-corrected chi connectivity index (χ2v) is 8.45. The molecular weight excluding hydrogens is 356 g/mol. The molecule has 122 valence electrons. The summed E-state index contributed by atoms with van der Waals surface area (Å²) in [6.45, 7) is 8.78. The molecule has 0 spiro atoms. The van der Waals surface area contributed by atoms with Gasteiger partial charge in [-0.3, -0.25) is 9.59 Å². The fourth-order valence-corrected chi connectivity index (χ4v) is 3.57. The van der Waals surface area contributed by atoms with E-state index >= 15 is 0 Å². The van der Waals surface area contributed by atoms with Crippen LogP contribution in [0, 0.1) is 5.41 Å². The van der Waals surface area contributed by atoms with E-state index in [0.29, 0.717) is 11.9 Å². The average Bonchev–Trinajstić information content (AvgIpc) is 2.75. The Bertz CT molecular complexity index is 862. The molecule has 1 amide bonds. The number of halogens is 1. The number of carbonyl (C=O) groups excluding carboxylic acids is 1. The molecule has 0 saturated heterocycles. The topological polar surface area (TPSA) is 51.1 Å². The van der Waals surface area contributed by atoms with Gasteiger partial charge in [0, 0.05) is 28.6 Å². The minimum Gasteiger partial charge on any atom is -0.351 e. The van der Waals surface area contributed by atoms with Crippen LogP contribution in [0.25, 0.3) is 10.9 Å². The van der Waals surface area contributed by atoms with E-state index in [9.17, 15) is 9.59 Å². The predicted molar refractivity (Wildman–Crippen MR) is 96.1 cm³/mol. The van der Waals surface area contributed by atoms with E-state index in [1.807, 2.05) is 26.8 Å². The standard InChI is InChI=1S/C18H21BrN2O2/c1-10-5-11-6-12(19)7-13-15(11)21(10)8-14(16(13)22)17(23)20-9-18(2,3)4/h6-8,10H,5,9H2,1-4H3,(H,20,23). The van der Waals surface area contributed by atoms with Crippen molar-refractivity contribution >= 4 is 32.7 Å². The van der Waals surface area contributed by atoms with Crippen molar-refractivity contribution in [2.24, 2.45) is 5.41 Å². The summed E-state index contributed by atoms with van der Waals surface area (Å²) in [4.78, 5) is 25.3. The highest BCUT2D eigenvalue weighted by molar-refractivity contribution is 9.10. The van der Waals surface area contributed by atoms with Gasteiger partial charge in [0.2, 0.25) is 5.43 Å². The molecule has 23 heavy (non-hydrogen) atoms. The van der Waals surface area contributed by atoms with Crippen LogP contribution in [-0.4, -0.2) is 17.0 Å². The zero-order valence-electron chi connectivity index (χ0n) is 13.9. The monoisotopic (exact) mass is 376 g/mol. The lowest BCUT2D eigenvalue weighted by atomic mass is 9.97. The first-order valence-electron chi connectivity index (χ1n) is 7.83. The number of rotatable bonds is 2. The second kappa shape index (κ2) is 5.48. The van der Waals surface area contributed by atoms with E-state index in [-0.39, 0.29) is 28.4 Å². The minimum atomic E-state index is -0.295. The van der Waals surface area contributed by atoms with Gasteiger partial charge in [-0.1, -0.05) is 36.7 Å². The van der Waals surface area contributed by atoms with Crippen LogP contribution in [0.4, 0.5) is 0 Å². The third-order valence-corrected chi connectivity index (χ3v) is 4.64. The highest BCUT2D eigenvalue weighted by Crippen LogP contribution is 2.33. The highest BCUT2D eigenvalue weighted by Gasteiger charge is 2.25. The maximum atomic E-state index is 12.8. The number of amides is 1. The van der Waals surface area contributed by atoms with Crippen LogP contribution >= 0.6 is 15.9 Å². The molecule has 1 aliphatic rings. The van der Waals surface area contributed by atoms with E-state index < -0.39 is 0 Å². The van der Waals surface area contributed by atoms with Crippen molar-refractivity contribution in [3.8, 4) is 0 Å². The molecule has 1 unspecified atom stereocenters. The average molecular weight is 377 g/mol. The second-order valence-electron chi connectivity index (χ2n) is 7.54. The molecule has 1 aromatic carbocycles. The first kappa shape index (κ1) is 16.2. The molecule has 5 heteroatoms. The van der Waals surface area contributed by atoms with Crippen LogP contribution in [-0.2, 0) is 6.42 Å². The number of aromatic nitrogens is 1. The van der Waals surface area contributed by atoms with Crippen LogP contribution < -0.4 is 10.7 Å². The summed E-state index contributed by atoms with van der Waals surface area (Å²) in [6, 6.07) is 4.12. The number of nitrogens with zero attached hydrogens (tertiary/aromatic N) is 1. The van der Waals surface area contributed by atoms with Crippen molar-refractivity contribution in [2.45, 2.75) is 40.2 Å². The van der Waals surface area contributed by atoms with Gasteiger partial charge in [-0.25, -0.2) is 0 Å². The Morgan fingerprint density at radius 1 is 1.39 bits per heavy atom. The van der Waals surface area contributed by atoms with Gasteiger partial charge >= 0.3 is 0 Å². The van der Waals surface area contributed by atoms with Crippen LogP contribution in [0.15, 0.2) is 27.6 Å². The van der Waals surface area contributed by atoms with E-state index in [2.05, 4.69) is 38.8 Å². The largest absolute Gasteiger partial charge is 0.351 e. The first-order valence-corrected chi connectivity index (χ1v) is 8.62. The lowest BCUT2D eigenvalue weighted by Gasteiger charge is -2.19. The molecule has 0 fully saturated rings. The molecule has 2 heterocycles. The smallest absolute Gasteiger partial charge is 0.256 e. The molecule has 0 saturated carbocycles. The summed E-state index contributed by atoms with van der Waals surface area (Å²) in [5, 5.41) is 3.49. The number of carbonyl (C=O) groups is 1. The molecule has 0 radical (unpaired) electrons. The third-order valence-electron chi connectivity index (χ3n) is 4.18. The molecule has 4 nitrogen and oxygen atoms in total. The van der Waals surface area contributed by atoms with Gasteiger partial charge in [-0.05, 0) is 36.5 Å². The van der Waals surface area contributed by atoms with Crippen molar-refractivity contribution in [3.63, 3.8) is 0 Å². The van der Waals surface area contributed by atoms with Gasteiger partial charge in [-0.15, -0.1) is 0 Å². The summed E-state index contributed by atoms with van der Waals surface area (Å²) in [5.74, 6) is -0.295. The molecule has 2 aromatic rings. The lowest BCUT2D eigenvalue weighted by Crippen LogP contribution is -2.35. The Kier molecular flexibility index (Phi) is 3.87. The van der Waals surface area contributed by atoms with Gasteiger partial charge in [0.05, 0.1) is 5.52 Å². The van der Waals surface area contributed by atoms with Crippen molar-refractivity contribution in [1.82, 2.24) is 9.88 Å². The Labute approximate surface area is 144 Å². The predicted octanol–water partition coefficient (Wildman–Crippen LogP) is 3.66. The van der Waals surface area contributed by atoms with E-state index in [1.54, 1.807) is 6.20 Å². The van der Waals surface area contributed by atoms with Crippen LogP contribution in [0.1, 0.15) is 49.7 Å². The Balaban J connectivity index is 2.12. The zero-order valence-corrected chi connectivity index (χ0v) is 15.5. The fraction of sp³-hybridized carbons (Fsp3) is 0.444. The first-order chi connectivity index (χ1) is 10.7. The van der Waals surface area contributed by atoms with Gasteiger partial charge in [-0.2, -0.15) is 0 Å². The molecule has 1 atom stereocenters. The number of hydrogen-bond acceptors (Lipinski definition) is 2. The van der Waals surface area contributed by atoms with Crippen LogP contribution in [0.2, 0.25) is 0 Å². The summed E-state index contributed by atoms with van der Waals surface area (Å²) < 4.78 is 2.94. The van der Waals surface area contributed by atoms with Crippen LogP contribution in [0.3, 0.4) is 0 Å². The number of benzene rings is 1. The summed E-state index contributed by atoms with van der Waals surface area (Å²) in [6.07, 6.45) is 2.60. The van der Waals surface area contributed by atoms with Crippen molar-refractivity contribution in [1.29, 1.82) is 0 Å². The van der Waals surface area contributed by atoms with Gasteiger partial charge < -0.3 is 9.88 Å². The Morgan fingerprint density at radius 3 is 2.74 bits per heavy atom. The molecule has 3 rings (SSSR count). The maximum Gasteiger partial charge on any atom is 0.256 e. The SMILES string of the molecule is CC1Cc2cc(Br)cc3c(=O)c(C(=O)NCC(C)(C)C)cn1c23. The number of nitrogens with one attached hydrogen (secondary N) is 1.